The minimum Gasteiger partial charge on any atom is -0.497 e. The second-order valence-electron chi connectivity index (χ2n) is 4.05. The van der Waals surface area contributed by atoms with Crippen LogP contribution in [0.3, 0.4) is 0 Å². The molecular weight excluding hydrogens is 228 g/mol. The molecule has 1 aromatic rings. The third kappa shape index (κ3) is 4.50. The van der Waals surface area contributed by atoms with Gasteiger partial charge in [0, 0.05) is 6.42 Å². The van der Waals surface area contributed by atoms with E-state index in [2.05, 4.69) is 11.8 Å². The fraction of sp³-hybridized carbons (Fsp3) is 0.400. The molecule has 1 rings (SSSR count). The summed E-state index contributed by atoms with van der Waals surface area (Å²) >= 11 is 0. The monoisotopic (exact) mass is 246 g/mol. The van der Waals surface area contributed by atoms with Gasteiger partial charge in [0.05, 0.1) is 13.0 Å². The zero-order valence-electron chi connectivity index (χ0n) is 10.8. The summed E-state index contributed by atoms with van der Waals surface area (Å²) in [5.41, 5.74) is 1.01. The van der Waals surface area contributed by atoms with Crippen molar-refractivity contribution >= 4 is 5.97 Å². The van der Waals surface area contributed by atoms with E-state index in [-0.39, 0.29) is 5.92 Å². The van der Waals surface area contributed by atoms with Crippen LogP contribution in [0.1, 0.15) is 25.3 Å². The van der Waals surface area contributed by atoms with Gasteiger partial charge in [-0.2, -0.15) is 0 Å². The van der Waals surface area contributed by atoms with Crippen LogP contribution < -0.4 is 4.74 Å². The van der Waals surface area contributed by atoms with Crippen molar-refractivity contribution in [1.29, 1.82) is 0 Å². The van der Waals surface area contributed by atoms with Crippen LogP contribution in [0.5, 0.6) is 5.75 Å². The number of benzene rings is 1. The predicted molar refractivity (Wildman–Crippen MR) is 70.5 cm³/mol. The zero-order chi connectivity index (χ0) is 13.4. The molecule has 0 spiro atoms. The molecule has 0 aliphatic rings. The molecule has 0 saturated carbocycles. The molecule has 1 unspecified atom stereocenters. The van der Waals surface area contributed by atoms with Gasteiger partial charge in [0.15, 0.2) is 0 Å². The lowest BCUT2D eigenvalue weighted by molar-refractivity contribution is -0.141. The number of carbonyl (C=O) groups is 1. The molecule has 0 bridgehead atoms. The van der Waals surface area contributed by atoms with Gasteiger partial charge in [-0.15, -0.1) is 11.8 Å². The Bertz CT molecular complexity index is 437. The van der Waals surface area contributed by atoms with E-state index >= 15 is 0 Å². The number of carboxylic acid groups (broad SMARTS) is 1. The second-order valence-corrected chi connectivity index (χ2v) is 4.05. The summed E-state index contributed by atoms with van der Waals surface area (Å²) in [5.74, 6) is 5.33. The van der Waals surface area contributed by atoms with E-state index in [4.69, 9.17) is 9.84 Å². The topological polar surface area (TPSA) is 46.5 Å². The van der Waals surface area contributed by atoms with Gasteiger partial charge in [0.25, 0.3) is 0 Å². The minimum absolute atomic E-state index is 0.376. The number of hydrogen-bond acceptors (Lipinski definition) is 2. The molecule has 0 aliphatic heterocycles. The second kappa shape index (κ2) is 7.39. The Kier molecular flexibility index (Phi) is 5.79. The van der Waals surface area contributed by atoms with Gasteiger partial charge in [0.2, 0.25) is 0 Å². The van der Waals surface area contributed by atoms with Crippen LogP contribution in [-0.2, 0) is 11.2 Å². The maximum Gasteiger partial charge on any atom is 0.306 e. The SMILES string of the molecule is CC#CCCC(Cc1ccc(OC)cc1)C(=O)O. The minimum atomic E-state index is -0.760. The van der Waals surface area contributed by atoms with Crippen molar-refractivity contribution in [3.05, 3.63) is 29.8 Å². The first-order valence-electron chi connectivity index (χ1n) is 5.92. The molecule has 0 aromatic heterocycles. The molecule has 0 radical (unpaired) electrons. The predicted octanol–water partition coefficient (Wildman–Crippen LogP) is 2.74. The van der Waals surface area contributed by atoms with Gasteiger partial charge >= 0.3 is 5.97 Å². The highest BCUT2D eigenvalue weighted by molar-refractivity contribution is 5.70. The largest absolute Gasteiger partial charge is 0.497 e. The van der Waals surface area contributed by atoms with E-state index in [0.717, 1.165) is 11.3 Å². The first-order chi connectivity index (χ1) is 8.67. The van der Waals surface area contributed by atoms with E-state index in [1.54, 1.807) is 14.0 Å². The Morgan fingerprint density at radius 2 is 2.06 bits per heavy atom. The summed E-state index contributed by atoms with van der Waals surface area (Å²) in [5, 5.41) is 9.16. The lowest BCUT2D eigenvalue weighted by Gasteiger charge is -2.11. The van der Waals surface area contributed by atoms with Crippen molar-refractivity contribution in [2.24, 2.45) is 5.92 Å². The van der Waals surface area contributed by atoms with Crippen LogP contribution in [0.25, 0.3) is 0 Å². The van der Waals surface area contributed by atoms with E-state index in [1.807, 2.05) is 24.3 Å². The van der Waals surface area contributed by atoms with Gasteiger partial charge in [-0.3, -0.25) is 4.79 Å². The van der Waals surface area contributed by atoms with Crippen molar-refractivity contribution < 1.29 is 14.6 Å². The fourth-order valence-electron chi connectivity index (χ4n) is 1.73. The Labute approximate surface area is 108 Å². The van der Waals surface area contributed by atoms with E-state index < -0.39 is 5.97 Å². The molecule has 0 saturated heterocycles. The van der Waals surface area contributed by atoms with Gasteiger partial charge < -0.3 is 9.84 Å². The van der Waals surface area contributed by atoms with Gasteiger partial charge in [0.1, 0.15) is 5.75 Å². The zero-order valence-corrected chi connectivity index (χ0v) is 10.8. The number of ether oxygens (including phenoxy) is 1. The van der Waals surface area contributed by atoms with Crippen LogP contribution in [0, 0.1) is 17.8 Å². The van der Waals surface area contributed by atoms with Gasteiger partial charge in [-0.1, -0.05) is 12.1 Å². The van der Waals surface area contributed by atoms with E-state index in [0.29, 0.717) is 19.3 Å². The maximum atomic E-state index is 11.1. The molecule has 0 fully saturated rings. The van der Waals surface area contributed by atoms with Crippen LogP contribution in [0.15, 0.2) is 24.3 Å². The first kappa shape index (κ1) is 14.1. The van der Waals surface area contributed by atoms with Crippen molar-refractivity contribution in [2.45, 2.75) is 26.2 Å². The number of rotatable bonds is 6. The normalized spacial score (nSPS) is 11.2. The quantitative estimate of drug-likeness (QED) is 0.785. The highest BCUT2D eigenvalue weighted by Gasteiger charge is 2.17. The highest BCUT2D eigenvalue weighted by Crippen LogP contribution is 2.17. The molecule has 96 valence electrons. The molecule has 1 aromatic carbocycles. The molecule has 3 nitrogen and oxygen atoms in total. The highest BCUT2D eigenvalue weighted by atomic mass is 16.5. The van der Waals surface area contributed by atoms with E-state index in [9.17, 15) is 4.79 Å². The fourth-order valence-corrected chi connectivity index (χ4v) is 1.73. The number of carboxylic acids is 1. The van der Waals surface area contributed by atoms with Gasteiger partial charge in [-0.25, -0.2) is 0 Å². The summed E-state index contributed by atoms with van der Waals surface area (Å²) in [6.45, 7) is 1.76. The molecule has 0 heterocycles. The number of methoxy groups -OCH3 is 1. The third-order valence-corrected chi connectivity index (χ3v) is 2.78. The number of aliphatic carboxylic acids is 1. The van der Waals surface area contributed by atoms with Crippen molar-refractivity contribution in [1.82, 2.24) is 0 Å². The van der Waals surface area contributed by atoms with Crippen LogP contribution in [-0.4, -0.2) is 18.2 Å². The molecule has 1 N–H and O–H groups in total. The Morgan fingerprint density at radius 3 is 2.56 bits per heavy atom. The Balaban J connectivity index is 2.63. The van der Waals surface area contributed by atoms with Crippen LogP contribution in [0.4, 0.5) is 0 Å². The summed E-state index contributed by atoms with van der Waals surface area (Å²) in [6.07, 6.45) is 1.75. The third-order valence-electron chi connectivity index (χ3n) is 2.78. The maximum absolute atomic E-state index is 11.1. The summed E-state index contributed by atoms with van der Waals surface area (Å²) in [7, 11) is 1.61. The average Bonchev–Trinajstić information content (AvgIpc) is 2.38. The molecule has 1 atom stereocenters. The molecule has 0 aliphatic carbocycles. The lowest BCUT2D eigenvalue weighted by Crippen LogP contribution is -2.16. The van der Waals surface area contributed by atoms with Crippen molar-refractivity contribution in [3.8, 4) is 17.6 Å². The Hall–Kier alpha value is -1.95. The van der Waals surface area contributed by atoms with Crippen molar-refractivity contribution in [3.63, 3.8) is 0 Å². The summed E-state index contributed by atoms with van der Waals surface area (Å²) in [4.78, 5) is 11.1. The molecule has 0 amide bonds. The standard InChI is InChI=1S/C15H18O3/c1-3-4-5-6-13(15(16)17)11-12-7-9-14(18-2)10-8-12/h7-10,13H,5-6,11H2,1-2H3,(H,16,17). The number of hydrogen-bond donors (Lipinski definition) is 1. The molecule has 3 heteroatoms. The van der Waals surface area contributed by atoms with E-state index in [1.165, 1.54) is 0 Å². The molecule has 18 heavy (non-hydrogen) atoms. The van der Waals surface area contributed by atoms with Crippen LogP contribution >= 0.6 is 0 Å². The van der Waals surface area contributed by atoms with Crippen molar-refractivity contribution in [2.75, 3.05) is 7.11 Å². The smallest absolute Gasteiger partial charge is 0.306 e. The first-order valence-corrected chi connectivity index (χ1v) is 5.92. The molecular formula is C15H18O3. The van der Waals surface area contributed by atoms with Gasteiger partial charge in [-0.05, 0) is 37.5 Å². The summed E-state index contributed by atoms with van der Waals surface area (Å²) in [6, 6.07) is 7.50. The van der Waals surface area contributed by atoms with Crippen LogP contribution in [0.2, 0.25) is 0 Å². The Morgan fingerprint density at radius 1 is 1.39 bits per heavy atom. The summed E-state index contributed by atoms with van der Waals surface area (Å²) < 4.78 is 5.07. The lowest BCUT2D eigenvalue weighted by atomic mass is 9.95. The average molecular weight is 246 g/mol.